The highest BCUT2D eigenvalue weighted by Crippen LogP contribution is 2.38. The Hall–Kier alpha value is -3.57. The van der Waals surface area contributed by atoms with Crippen molar-refractivity contribution >= 4 is 39.1 Å². The van der Waals surface area contributed by atoms with Gasteiger partial charge in [-0.3, -0.25) is 13.9 Å². The van der Waals surface area contributed by atoms with Crippen molar-refractivity contribution in [2.45, 2.75) is 64.2 Å². The molecule has 0 aliphatic rings. The van der Waals surface area contributed by atoms with E-state index in [0.717, 1.165) is 23.3 Å². The summed E-state index contributed by atoms with van der Waals surface area (Å²) in [7, 11) is -4.55. The number of hydrogen-bond donors (Lipinski definition) is 1. The standard InChI is InChI=1S/C31H35ClF3N3O4S/c1-5-17-36-30(40)28(6-2)37(19-23-11-7-21(3)8-12-23)29(39)20-38(43(41,42)25-14-9-22(4)10-15-25)24-13-16-27(32)26(18-24)31(33,34)35/h7-16,18,28H,5-6,17,19-20H2,1-4H3,(H,36,40)/t28-/m0/s1. The first kappa shape index (κ1) is 33.9. The number of rotatable bonds is 12. The van der Waals surface area contributed by atoms with E-state index in [2.05, 4.69) is 5.32 Å². The van der Waals surface area contributed by atoms with Gasteiger partial charge in [0.15, 0.2) is 0 Å². The SMILES string of the molecule is CCCNC(=O)[C@H](CC)N(Cc1ccc(C)cc1)C(=O)CN(c1ccc(Cl)c(C(F)(F)F)c1)S(=O)(=O)c1ccc(C)cc1. The molecule has 3 rings (SSSR count). The Morgan fingerprint density at radius 2 is 1.51 bits per heavy atom. The smallest absolute Gasteiger partial charge is 0.354 e. The summed E-state index contributed by atoms with van der Waals surface area (Å²) in [5.74, 6) is -1.18. The van der Waals surface area contributed by atoms with Crippen LogP contribution in [0.15, 0.2) is 71.6 Å². The van der Waals surface area contributed by atoms with Gasteiger partial charge in [-0.25, -0.2) is 8.42 Å². The van der Waals surface area contributed by atoms with Crippen LogP contribution in [0.2, 0.25) is 5.02 Å². The van der Waals surface area contributed by atoms with Crippen molar-refractivity contribution < 1.29 is 31.2 Å². The van der Waals surface area contributed by atoms with Crippen molar-refractivity contribution in [3.05, 3.63) is 94.0 Å². The molecule has 0 heterocycles. The summed E-state index contributed by atoms with van der Waals surface area (Å²) in [4.78, 5) is 28.3. The van der Waals surface area contributed by atoms with Gasteiger partial charge in [-0.1, -0.05) is 73.0 Å². The molecule has 2 amide bonds. The number of nitrogens with zero attached hydrogens (tertiary/aromatic N) is 2. The maximum absolute atomic E-state index is 14.0. The molecule has 1 N–H and O–H groups in total. The lowest BCUT2D eigenvalue weighted by Crippen LogP contribution is -2.52. The van der Waals surface area contributed by atoms with E-state index in [4.69, 9.17) is 11.6 Å². The minimum Gasteiger partial charge on any atom is -0.354 e. The third-order valence-electron chi connectivity index (χ3n) is 6.84. The highest BCUT2D eigenvalue weighted by Gasteiger charge is 2.37. The summed E-state index contributed by atoms with van der Waals surface area (Å²) in [5, 5.41) is 2.17. The number of sulfonamides is 1. The fraction of sp³-hybridized carbons (Fsp3) is 0.355. The number of anilines is 1. The fourth-order valence-corrected chi connectivity index (χ4v) is 6.06. The van der Waals surface area contributed by atoms with Crippen molar-refractivity contribution in [1.82, 2.24) is 10.2 Å². The van der Waals surface area contributed by atoms with Gasteiger partial charge in [0.05, 0.1) is 21.2 Å². The molecule has 0 aliphatic heterocycles. The summed E-state index contributed by atoms with van der Waals surface area (Å²) in [6.45, 7) is 6.75. The molecule has 3 aromatic rings. The molecule has 0 saturated heterocycles. The van der Waals surface area contributed by atoms with Crippen LogP contribution in [-0.2, 0) is 32.3 Å². The van der Waals surface area contributed by atoms with Gasteiger partial charge in [0.1, 0.15) is 12.6 Å². The highest BCUT2D eigenvalue weighted by atomic mass is 35.5. The molecule has 43 heavy (non-hydrogen) atoms. The van der Waals surface area contributed by atoms with Crippen LogP contribution in [0.4, 0.5) is 18.9 Å². The summed E-state index contributed by atoms with van der Waals surface area (Å²) >= 11 is 5.82. The Balaban J connectivity index is 2.14. The maximum Gasteiger partial charge on any atom is 0.417 e. The lowest BCUT2D eigenvalue weighted by atomic mass is 10.1. The first-order valence-corrected chi connectivity index (χ1v) is 15.6. The molecule has 1 atom stereocenters. The Morgan fingerprint density at radius 1 is 0.930 bits per heavy atom. The Kier molecular flexibility index (Phi) is 11.3. The number of carbonyl (C=O) groups excluding carboxylic acids is 2. The van der Waals surface area contributed by atoms with E-state index >= 15 is 0 Å². The van der Waals surface area contributed by atoms with E-state index in [9.17, 15) is 31.2 Å². The minimum absolute atomic E-state index is 0.0238. The molecule has 0 fully saturated rings. The van der Waals surface area contributed by atoms with Gasteiger partial charge in [0.2, 0.25) is 11.8 Å². The summed E-state index contributed by atoms with van der Waals surface area (Å²) in [5.41, 5.74) is 0.794. The van der Waals surface area contributed by atoms with E-state index in [-0.39, 0.29) is 17.9 Å². The topological polar surface area (TPSA) is 86.8 Å². The van der Waals surface area contributed by atoms with E-state index < -0.39 is 56.9 Å². The molecule has 0 radical (unpaired) electrons. The van der Waals surface area contributed by atoms with Crippen molar-refractivity contribution in [2.24, 2.45) is 0 Å². The zero-order chi connectivity index (χ0) is 31.9. The third kappa shape index (κ3) is 8.51. The number of halogens is 4. The van der Waals surface area contributed by atoms with E-state index in [0.29, 0.717) is 28.9 Å². The molecule has 0 aromatic heterocycles. The first-order valence-electron chi connectivity index (χ1n) is 13.8. The number of benzene rings is 3. The van der Waals surface area contributed by atoms with Gasteiger partial charge >= 0.3 is 6.18 Å². The molecule has 3 aromatic carbocycles. The molecule has 0 unspecified atom stereocenters. The van der Waals surface area contributed by atoms with Crippen LogP contribution in [0, 0.1) is 13.8 Å². The molecule has 12 heteroatoms. The molecular formula is C31H35ClF3N3O4S. The highest BCUT2D eigenvalue weighted by molar-refractivity contribution is 7.92. The zero-order valence-electron chi connectivity index (χ0n) is 24.4. The van der Waals surface area contributed by atoms with Crippen LogP contribution in [-0.4, -0.2) is 44.3 Å². The number of amides is 2. The number of carbonyl (C=O) groups is 2. The van der Waals surface area contributed by atoms with Gasteiger partial charge in [0, 0.05) is 13.1 Å². The normalized spacial score (nSPS) is 12.5. The van der Waals surface area contributed by atoms with Crippen molar-refractivity contribution in [2.75, 3.05) is 17.4 Å². The number of nitrogens with one attached hydrogen (secondary N) is 1. The summed E-state index contributed by atoms with van der Waals surface area (Å²) in [6.07, 6.45) is -4.00. The van der Waals surface area contributed by atoms with Crippen LogP contribution >= 0.6 is 11.6 Å². The Bertz CT molecular complexity index is 1530. The second-order valence-corrected chi connectivity index (χ2v) is 12.5. The summed E-state index contributed by atoms with van der Waals surface area (Å²) < 4.78 is 69.8. The van der Waals surface area contributed by atoms with Crippen LogP contribution in [0.1, 0.15) is 48.9 Å². The average molecular weight is 638 g/mol. The predicted octanol–water partition coefficient (Wildman–Crippen LogP) is 6.50. The van der Waals surface area contributed by atoms with Gasteiger partial charge in [0.25, 0.3) is 10.0 Å². The zero-order valence-corrected chi connectivity index (χ0v) is 26.0. The average Bonchev–Trinajstić information content (AvgIpc) is 2.95. The van der Waals surface area contributed by atoms with Crippen molar-refractivity contribution in [3.8, 4) is 0 Å². The van der Waals surface area contributed by atoms with Crippen LogP contribution in [0.3, 0.4) is 0 Å². The van der Waals surface area contributed by atoms with Gasteiger partial charge < -0.3 is 10.2 Å². The first-order chi connectivity index (χ1) is 20.2. The number of aryl methyl sites for hydroxylation is 2. The van der Waals surface area contributed by atoms with Crippen LogP contribution in [0.25, 0.3) is 0 Å². The molecule has 0 bridgehead atoms. The third-order valence-corrected chi connectivity index (χ3v) is 8.96. The van der Waals surface area contributed by atoms with Gasteiger partial charge in [-0.05, 0) is 62.6 Å². The molecule has 0 spiro atoms. The van der Waals surface area contributed by atoms with Crippen LogP contribution in [0.5, 0.6) is 0 Å². The lowest BCUT2D eigenvalue weighted by Gasteiger charge is -2.33. The maximum atomic E-state index is 14.0. The van der Waals surface area contributed by atoms with Crippen molar-refractivity contribution in [1.29, 1.82) is 0 Å². The summed E-state index contributed by atoms with van der Waals surface area (Å²) in [6, 6.07) is 14.7. The van der Waals surface area contributed by atoms with E-state index in [1.807, 2.05) is 26.0 Å². The predicted molar refractivity (Wildman–Crippen MR) is 161 cm³/mol. The Labute approximate surface area is 255 Å². The van der Waals surface area contributed by atoms with E-state index in [1.54, 1.807) is 38.1 Å². The number of alkyl halides is 3. The van der Waals surface area contributed by atoms with Gasteiger partial charge in [-0.15, -0.1) is 0 Å². The molecule has 0 aliphatic carbocycles. The molecule has 232 valence electrons. The van der Waals surface area contributed by atoms with Crippen LogP contribution < -0.4 is 9.62 Å². The molecule has 0 saturated carbocycles. The van der Waals surface area contributed by atoms with Gasteiger partial charge in [-0.2, -0.15) is 13.2 Å². The minimum atomic E-state index is -4.88. The lowest BCUT2D eigenvalue weighted by molar-refractivity contribution is -0.140. The fourth-order valence-electron chi connectivity index (χ4n) is 4.43. The monoisotopic (exact) mass is 637 g/mol. The second-order valence-electron chi connectivity index (χ2n) is 10.2. The molecular weight excluding hydrogens is 603 g/mol. The quantitative estimate of drug-likeness (QED) is 0.246. The second kappa shape index (κ2) is 14.3. The molecule has 7 nitrogen and oxygen atoms in total. The largest absolute Gasteiger partial charge is 0.417 e. The van der Waals surface area contributed by atoms with Crippen molar-refractivity contribution in [3.63, 3.8) is 0 Å². The number of hydrogen-bond acceptors (Lipinski definition) is 4. The van der Waals surface area contributed by atoms with E-state index in [1.165, 1.54) is 17.0 Å². The Morgan fingerprint density at radius 3 is 2.05 bits per heavy atom.